The molecular formula is C14H13NO3. The first-order valence-electron chi connectivity index (χ1n) is 5.67. The van der Waals surface area contributed by atoms with E-state index < -0.39 is 0 Å². The highest BCUT2D eigenvalue weighted by molar-refractivity contribution is 5.41. The average molecular weight is 243 g/mol. The molecule has 0 saturated carbocycles. The summed E-state index contributed by atoms with van der Waals surface area (Å²) >= 11 is 0. The van der Waals surface area contributed by atoms with Gasteiger partial charge in [0.2, 0.25) is 0 Å². The largest absolute Gasteiger partial charge is 0.508 e. The van der Waals surface area contributed by atoms with Crippen LogP contribution >= 0.6 is 0 Å². The maximum atomic E-state index is 10.9. The molecule has 0 aliphatic carbocycles. The maximum absolute atomic E-state index is 10.9. The monoisotopic (exact) mass is 243 g/mol. The zero-order valence-electron chi connectivity index (χ0n) is 9.74. The smallest absolute Gasteiger partial charge is 0.272 e. The lowest BCUT2D eigenvalue weighted by Gasteiger charge is -2.05. The first-order valence-corrected chi connectivity index (χ1v) is 5.67. The molecule has 92 valence electrons. The number of nitro groups is 1. The van der Waals surface area contributed by atoms with Gasteiger partial charge in [-0.2, -0.15) is 0 Å². The molecule has 0 aliphatic rings. The van der Waals surface area contributed by atoms with Crippen molar-refractivity contribution in [2.45, 2.75) is 12.8 Å². The summed E-state index contributed by atoms with van der Waals surface area (Å²) in [5.41, 5.74) is 1.62. The van der Waals surface area contributed by atoms with Crippen LogP contribution in [0.15, 0.2) is 48.5 Å². The van der Waals surface area contributed by atoms with Gasteiger partial charge in [-0.1, -0.05) is 36.4 Å². The number of phenolic OH excluding ortho intramolecular Hbond substituents is 1. The van der Waals surface area contributed by atoms with Gasteiger partial charge < -0.3 is 5.11 Å². The fourth-order valence-corrected chi connectivity index (χ4v) is 1.89. The molecule has 0 saturated heterocycles. The first kappa shape index (κ1) is 12.1. The molecule has 2 rings (SSSR count). The number of nitro benzene ring substituents is 1. The molecule has 18 heavy (non-hydrogen) atoms. The summed E-state index contributed by atoms with van der Waals surface area (Å²) in [5, 5.41) is 20.5. The van der Waals surface area contributed by atoms with Gasteiger partial charge in [-0.3, -0.25) is 10.1 Å². The molecule has 0 atom stereocenters. The van der Waals surface area contributed by atoms with E-state index in [1.54, 1.807) is 30.3 Å². The molecule has 0 unspecified atom stereocenters. The molecule has 0 fully saturated rings. The van der Waals surface area contributed by atoms with E-state index in [1.165, 1.54) is 6.07 Å². The van der Waals surface area contributed by atoms with E-state index in [9.17, 15) is 15.2 Å². The van der Waals surface area contributed by atoms with Crippen molar-refractivity contribution < 1.29 is 10.0 Å². The zero-order valence-corrected chi connectivity index (χ0v) is 9.74. The standard InChI is InChI=1S/C14H13NO3/c16-14-8-4-2-6-12(14)10-9-11-5-1-3-7-13(11)15(17)18/h1-8,16H,9-10H2. The van der Waals surface area contributed by atoms with Crippen LogP contribution in [-0.4, -0.2) is 10.0 Å². The van der Waals surface area contributed by atoms with Crippen LogP contribution in [-0.2, 0) is 12.8 Å². The Bertz CT molecular complexity index is 566. The second-order valence-electron chi connectivity index (χ2n) is 4.01. The van der Waals surface area contributed by atoms with Gasteiger partial charge in [0.1, 0.15) is 5.75 Å². The fourth-order valence-electron chi connectivity index (χ4n) is 1.89. The summed E-state index contributed by atoms with van der Waals surface area (Å²) in [7, 11) is 0. The number of para-hydroxylation sites is 2. The maximum Gasteiger partial charge on any atom is 0.272 e. The Morgan fingerprint density at radius 3 is 2.17 bits per heavy atom. The van der Waals surface area contributed by atoms with Crippen molar-refractivity contribution in [3.63, 3.8) is 0 Å². The highest BCUT2D eigenvalue weighted by Crippen LogP contribution is 2.22. The van der Waals surface area contributed by atoms with Crippen molar-refractivity contribution in [1.29, 1.82) is 0 Å². The minimum absolute atomic E-state index is 0.132. The van der Waals surface area contributed by atoms with Crippen LogP contribution in [0, 0.1) is 10.1 Å². The Morgan fingerprint density at radius 1 is 0.944 bits per heavy atom. The molecule has 0 radical (unpaired) electrons. The molecule has 0 bridgehead atoms. The molecular weight excluding hydrogens is 230 g/mol. The third-order valence-electron chi connectivity index (χ3n) is 2.84. The predicted molar refractivity (Wildman–Crippen MR) is 68.6 cm³/mol. The molecule has 0 heterocycles. The predicted octanol–water partition coefficient (Wildman–Crippen LogP) is 3.09. The average Bonchev–Trinajstić information content (AvgIpc) is 2.38. The van der Waals surface area contributed by atoms with E-state index in [-0.39, 0.29) is 16.4 Å². The van der Waals surface area contributed by atoms with Crippen molar-refractivity contribution in [2.24, 2.45) is 0 Å². The van der Waals surface area contributed by atoms with E-state index >= 15 is 0 Å². The van der Waals surface area contributed by atoms with Gasteiger partial charge in [-0.15, -0.1) is 0 Å². The minimum Gasteiger partial charge on any atom is -0.508 e. The van der Waals surface area contributed by atoms with Crippen LogP contribution in [0.25, 0.3) is 0 Å². The third kappa shape index (κ3) is 2.66. The summed E-state index contributed by atoms with van der Waals surface area (Å²) in [5.74, 6) is 0.232. The Labute approximate surface area is 105 Å². The lowest BCUT2D eigenvalue weighted by molar-refractivity contribution is -0.385. The first-order chi connectivity index (χ1) is 8.68. The van der Waals surface area contributed by atoms with Crippen molar-refractivity contribution in [2.75, 3.05) is 0 Å². The number of aromatic hydroxyl groups is 1. The van der Waals surface area contributed by atoms with Gasteiger partial charge in [-0.25, -0.2) is 0 Å². The van der Waals surface area contributed by atoms with E-state index in [4.69, 9.17) is 0 Å². The Kier molecular flexibility index (Phi) is 3.57. The second-order valence-corrected chi connectivity index (χ2v) is 4.01. The number of hydrogen-bond acceptors (Lipinski definition) is 3. The van der Waals surface area contributed by atoms with E-state index in [0.29, 0.717) is 18.4 Å². The summed E-state index contributed by atoms with van der Waals surface area (Å²) in [6.45, 7) is 0. The number of rotatable bonds is 4. The van der Waals surface area contributed by atoms with E-state index in [1.807, 2.05) is 12.1 Å². The summed E-state index contributed by atoms with van der Waals surface area (Å²) in [6.07, 6.45) is 1.12. The molecule has 2 aromatic carbocycles. The minimum atomic E-state index is -0.375. The quantitative estimate of drug-likeness (QED) is 0.663. The lowest BCUT2D eigenvalue weighted by atomic mass is 10.0. The Balaban J connectivity index is 2.16. The lowest BCUT2D eigenvalue weighted by Crippen LogP contribution is -1.97. The number of benzene rings is 2. The summed E-state index contributed by atoms with van der Waals surface area (Å²) in [4.78, 5) is 10.5. The van der Waals surface area contributed by atoms with Crippen molar-refractivity contribution in [1.82, 2.24) is 0 Å². The highest BCUT2D eigenvalue weighted by atomic mass is 16.6. The number of hydrogen-bond donors (Lipinski definition) is 1. The molecule has 2 aromatic rings. The second kappa shape index (κ2) is 5.31. The molecule has 1 N–H and O–H groups in total. The van der Waals surface area contributed by atoms with Gasteiger partial charge in [-0.05, 0) is 24.5 Å². The number of aryl methyl sites for hydroxylation is 2. The van der Waals surface area contributed by atoms with Crippen molar-refractivity contribution in [3.8, 4) is 5.75 Å². The Morgan fingerprint density at radius 2 is 1.50 bits per heavy atom. The van der Waals surface area contributed by atoms with Gasteiger partial charge in [0.25, 0.3) is 5.69 Å². The Hall–Kier alpha value is -2.36. The SMILES string of the molecule is O=[N+]([O-])c1ccccc1CCc1ccccc1O. The van der Waals surface area contributed by atoms with Crippen LogP contribution in [0.2, 0.25) is 0 Å². The summed E-state index contributed by atoms with van der Waals surface area (Å²) < 4.78 is 0. The van der Waals surface area contributed by atoms with Gasteiger partial charge in [0, 0.05) is 11.6 Å². The molecule has 4 heteroatoms. The van der Waals surface area contributed by atoms with Crippen LogP contribution < -0.4 is 0 Å². The normalized spacial score (nSPS) is 10.2. The van der Waals surface area contributed by atoms with Gasteiger partial charge in [0.05, 0.1) is 4.92 Å². The highest BCUT2D eigenvalue weighted by Gasteiger charge is 2.12. The van der Waals surface area contributed by atoms with Crippen LogP contribution in [0.4, 0.5) is 5.69 Å². The molecule has 0 aromatic heterocycles. The van der Waals surface area contributed by atoms with Crippen molar-refractivity contribution in [3.05, 3.63) is 69.8 Å². The van der Waals surface area contributed by atoms with Crippen molar-refractivity contribution >= 4 is 5.69 Å². The van der Waals surface area contributed by atoms with Gasteiger partial charge in [0.15, 0.2) is 0 Å². The summed E-state index contributed by atoms with van der Waals surface area (Å²) in [6, 6.07) is 13.7. The van der Waals surface area contributed by atoms with Crippen LogP contribution in [0.5, 0.6) is 5.75 Å². The van der Waals surface area contributed by atoms with E-state index in [0.717, 1.165) is 5.56 Å². The topological polar surface area (TPSA) is 63.4 Å². The molecule has 0 spiro atoms. The third-order valence-corrected chi connectivity index (χ3v) is 2.84. The molecule has 0 aliphatic heterocycles. The zero-order chi connectivity index (χ0) is 13.0. The van der Waals surface area contributed by atoms with Crippen LogP contribution in [0.1, 0.15) is 11.1 Å². The van der Waals surface area contributed by atoms with E-state index in [2.05, 4.69) is 0 Å². The molecule has 4 nitrogen and oxygen atoms in total. The number of phenols is 1. The van der Waals surface area contributed by atoms with Gasteiger partial charge >= 0.3 is 0 Å². The van der Waals surface area contributed by atoms with Crippen LogP contribution in [0.3, 0.4) is 0 Å². The fraction of sp³-hybridized carbons (Fsp3) is 0.143. The molecule has 0 amide bonds. The number of nitrogens with zero attached hydrogens (tertiary/aromatic N) is 1.